The van der Waals surface area contributed by atoms with E-state index in [-0.39, 0.29) is 0 Å². The van der Waals surface area contributed by atoms with Gasteiger partial charge in [0.2, 0.25) is 0 Å². The molecule has 0 aromatic carbocycles. The van der Waals surface area contributed by atoms with E-state index in [0.29, 0.717) is 13.1 Å². The second-order valence-electron chi connectivity index (χ2n) is 4.06. The lowest BCUT2D eigenvalue weighted by Gasteiger charge is -2.22. The number of hydrogen-bond acceptors (Lipinski definition) is 3. The zero-order valence-corrected chi connectivity index (χ0v) is 10.8. The zero-order valence-electron chi connectivity index (χ0n) is 9.22. The Labute approximate surface area is 99.0 Å². The minimum absolute atomic E-state index is 0.582. The lowest BCUT2D eigenvalue weighted by Crippen LogP contribution is -2.37. The summed E-state index contributed by atoms with van der Waals surface area (Å²) in [7, 11) is 0. The fraction of sp³-hybridized carbons (Fsp3) is 0.636. The molecule has 0 spiro atoms. The van der Waals surface area contributed by atoms with Crippen molar-refractivity contribution in [3.8, 4) is 0 Å². The summed E-state index contributed by atoms with van der Waals surface area (Å²) < 4.78 is 6.07. The van der Waals surface area contributed by atoms with E-state index >= 15 is 0 Å². The van der Waals surface area contributed by atoms with Crippen molar-refractivity contribution >= 4 is 15.9 Å². The molecule has 1 rings (SSSR count). The van der Waals surface area contributed by atoms with Crippen LogP contribution in [0.2, 0.25) is 0 Å². The summed E-state index contributed by atoms with van der Waals surface area (Å²) in [6, 6.07) is 3.77. The SMILES string of the molecule is CCCC(C)(O)CNCc1ccc(Br)o1. The second-order valence-corrected chi connectivity index (χ2v) is 4.84. The highest BCUT2D eigenvalue weighted by atomic mass is 79.9. The first kappa shape index (κ1) is 12.7. The Kier molecular flexibility index (Phi) is 4.83. The Balaban J connectivity index is 2.27. The van der Waals surface area contributed by atoms with Gasteiger partial charge in [-0.3, -0.25) is 0 Å². The van der Waals surface area contributed by atoms with Crippen molar-refractivity contribution in [3.05, 3.63) is 22.6 Å². The van der Waals surface area contributed by atoms with Crippen LogP contribution < -0.4 is 5.32 Å². The van der Waals surface area contributed by atoms with Crippen molar-refractivity contribution in [1.29, 1.82) is 0 Å². The number of halogens is 1. The minimum atomic E-state index is -0.626. The molecule has 1 aromatic rings. The summed E-state index contributed by atoms with van der Waals surface area (Å²) in [5, 5.41) is 13.1. The molecule has 0 aliphatic carbocycles. The van der Waals surface area contributed by atoms with Crippen LogP contribution in [-0.4, -0.2) is 17.3 Å². The first-order chi connectivity index (χ1) is 7.03. The quantitative estimate of drug-likeness (QED) is 0.839. The van der Waals surface area contributed by atoms with Crippen LogP contribution in [0.3, 0.4) is 0 Å². The Bertz CT molecular complexity index is 297. The molecule has 1 aromatic heterocycles. The highest BCUT2D eigenvalue weighted by molar-refractivity contribution is 9.10. The lowest BCUT2D eigenvalue weighted by molar-refractivity contribution is 0.0494. The molecule has 0 saturated heterocycles. The Morgan fingerprint density at radius 3 is 2.80 bits per heavy atom. The van der Waals surface area contributed by atoms with Crippen molar-refractivity contribution in [2.75, 3.05) is 6.54 Å². The summed E-state index contributed by atoms with van der Waals surface area (Å²) in [6.07, 6.45) is 1.79. The fourth-order valence-electron chi connectivity index (χ4n) is 1.53. The van der Waals surface area contributed by atoms with E-state index < -0.39 is 5.60 Å². The fourth-order valence-corrected chi connectivity index (χ4v) is 1.87. The molecule has 1 unspecified atom stereocenters. The third-order valence-electron chi connectivity index (χ3n) is 2.22. The van der Waals surface area contributed by atoms with Gasteiger partial charge >= 0.3 is 0 Å². The predicted octanol–water partition coefficient (Wildman–Crippen LogP) is 2.68. The van der Waals surface area contributed by atoms with Crippen LogP contribution in [0.1, 0.15) is 32.4 Å². The van der Waals surface area contributed by atoms with E-state index in [1.165, 1.54) is 0 Å². The van der Waals surface area contributed by atoms with Crippen molar-refractivity contribution in [1.82, 2.24) is 5.32 Å². The van der Waals surface area contributed by atoms with Crippen LogP contribution in [0.4, 0.5) is 0 Å². The zero-order chi connectivity index (χ0) is 11.3. The number of hydrogen-bond donors (Lipinski definition) is 2. The molecule has 1 atom stereocenters. The molecule has 0 bridgehead atoms. The van der Waals surface area contributed by atoms with Gasteiger partial charge in [0.05, 0.1) is 12.1 Å². The summed E-state index contributed by atoms with van der Waals surface area (Å²) >= 11 is 3.24. The normalized spacial score (nSPS) is 15.2. The van der Waals surface area contributed by atoms with E-state index in [9.17, 15) is 5.11 Å². The first-order valence-electron chi connectivity index (χ1n) is 5.21. The molecule has 0 aliphatic rings. The highest BCUT2D eigenvalue weighted by Crippen LogP contribution is 2.14. The van der Waals surface area contributed by atoms with E-state index in [2.05, 4.69) is 28.2 Å². The molecule has 0 amide bonds. The average Bonchev–Trinajstić information content (AvgIpc) is 2.51. The van der Waals surface area contributed by atoms with E-state index in [1.54, 1.807) is 0 Å². The molecular formula is C11H18BrNO2. The third-order valence-corrected chi connectivity index (χ3v) is 2.65. The monoisotopic (exact) mass is 275 g/mol. The van der Waals surface area contributed by atoms with Gasteiger partial charge in [0.1, 0.15) is 5.76 Å². The summed E-state index contributed by atoms with van der Waals surface area (Å²) in [4.78, 5) is 0. The maximum Gasteiger partial charge on any atom is 0.169 e. The van der Waals surface area contributed by atoms with Crippen LogP contribution in [0, 0.1) is 0 Å². The van der Waals surface area contributed by atoms with Gasteiger partial charge in [-0.1, -0.05) is 13.3 Å². The standard InChI is InChI=1S/C11H18BrNO2/c1-3-6-11(2,14)8-13-7-9-4-5-10(12)15-9/h4-5,13-14H,3,6-8H2,1-2H3. The Hall–Kier alpha value is -0.320. The lowest BCUT2D eigenvalue weighted by atomic mass is 10.0. The van der Waals surface area contributed by atoms with E-state index in [1.807, 2.05) is 19.1 Å². The van der Waals surface area contributed by atoms with Crippen LogP contribution in [-0.2, 0) is 6.54 Å². The van der Waals surface area contributed by atoms with Crippen molar-refractivity contribution in [3.63, 3.8) is 0 Å². The molecule has 1 heterocycles. The minimum Gasteiger partial charge on any atom is -0.453 e. The van der Waals surface area contributed by atoms with Crippen molar-refractivity contribution in [2.45, 2.75) is 38.8 Å². The molecular weight excluding hydrogens is 258 g/mol. The van der Waals surface area contributed by atoms with Gasteiger partial charge in [-0.25, -0.2) is 0 Å². The molecule has 15 heavy (non-hydrogen) atoms. The van der Waals surface area contributed by atoms with Gasteiger partial charge in [-0.05, 0) is 41.4 Å². The van der Waals surface area contributed by atoms with Gasteiger partial charge in [0, 0.05) is 6.54 Å². The van der Waals surface area contributed by atoms with Gasteiger partial charge in [-0.15, -0.1) is 0 Å². The van der Waals surface area contributed by atoms with Gasteiger partial charge in [0.25, 0.3) is 0 Å². The highest BCUT2D eigenvalue weighted by Gasteiger charge is 2.18. The van der Waals surface area contributed by atoms with E-state index in [0.717, 1.165) is 23.3 Å². The number of furan rings is 1. The van der Waals surface area contributed by atoms with Crippen LogP contribution in [0.15, 0.2) is 21.2 Å². The molecule has 0 saturated carbocycles. The van der Waals surface area contributed by atoms with Crippen LogP contribution in [0.5, 0.6) is 0 Å². The van der Waals surface area contributed by atoms with Crippen molar-refractivity contribution in [2.24, 2.45) is 0 Å². The molecule has 86 valence electrons. The number of rotatable bonds is 6. The number of aliphatic hydroxyl groups is 1. The topological polar surface area (TPSA) is 45.4 Å². The third kappa shape index (κ3) is 4.82. The molecule has 0 aliphatic heterocycles. The molecule has 4 heteroatoms. The predicted molar refractivity (Wildman–Crippen MR) is 63.6 cm³/mol. The van der Waals surface area contributed by atoms with Gasteiger partial charge < -0.3 is 14.8 Å². The van der Waals surface area contributed by atoms with Gasteiger partial charge in [-0.2, -0.15) is 0 Å². The average molecular weight is 276 g/mol. The van der Waals surface area contributed by atoms with Gasteiger partial charge in [0.15, 0.2) is 4.67 Å². The van der Waals surface area contributed by atoms with Crippen LogP contribution in [0.25, 0.3) is 0 Å². The van der Waals surface area contributed by atoms with E-state index in [4.69, 9.17) is 4.42 Å². The molecule has 3 nitrogen and oxygen atoms in total. The molecule has 0 fully saturated rings. The largest absolute Gasteiger partial charge is 0.453 e. The Morgan fingerprint density at radius 1 is 1.53 bits per heavy atom. The summed E-state index contributed by atoms with van der Waals surface area (Å²) in [5.41, 5.74) is -0.626. The summed E-state index contributed by atoms with van der Waals surface area (Å²) in [6.45, 7) is 5.14. The maximum absolute atomic E-state index is 9.90. The van der Waals surface area contributed by atoms with Crippen LogP contribution >= 0.6 is 15.9 Å². The molecule has 0 radical (unpaired) electrons. The maximum atomic E-state index is 9.90. The number of nitrogens with one attached hydrogen (secondary N) is 1. The smallest absolute Gasteiger partial charge is 0.169 e. The summed E-state index contributed by atoms with van der Waals surface area (Å²) in [5.74, 6) is 0.870. The molecule has 2 N–H and O–H groups in total. The Morgan fingerprint density at radius 2 is 2.27 bits per heavy atom. The first-order valence-corrected chi connectivity index (χ1v) is 6.00. The van der Waals surface area contributed by atoms with Crippen molar-refractivity contribution < 1.29 is 9.52 Å². The second kappa shape index (κ2) is 5.68.